The van der Waals surface area contributed by atoms with Crippen LogP contribution in [0.1, 0.15) is 22.8 Å². The van der Waals surface area contributed by atoms with Gasteiger partial charge >= 0.3 is 0 Å². The van der Waals surface area contributed by atoms with Crippen molar-refractivity contribution in [2.45, 2.75) is 13.0 Å². The Morgan fingerprint density at radius 1 is 0.952 bits per heavy atom. The van der Waals surface area contributed by atoms with E-state index in [9.17, 15) is 5.11 Å². The van der Waals surface area contributed by atoms with Gasteiger partial charge in [0, 0.05) is 16.7 Å². The fraction of sp³-hybridized carbons (Fsp3) is 0.250. The van der Waals surface area contributed by atoms with E-state index in [2.05, 4.69) is 0 Å². The summed E-state index contributed by atoms with van der Waals surface area (Å²) in [4.78, 5) is 0. The molecule has 0 aliphatic carbocycles. The van der Waals surface area contributed by atoms with Crippen molar-refractivity contribution in [3.63, 3.8) is 0 Å². The number of ether oxygens (including phenoxy) is 2. The van der Waals surface area contributed by atoms with Crippen LogP contribution >= 0.6 is 23.2 Å². The molecule has 0 saturated heterocycles. The van der Waals surface area contributed by atoms with Crippen molar-refractivity contribution in [2.24, 2.45) is 0 Å². The summed E-state index contributed by atoms with van der Waals surface area (Å²) in [5.74, 6) is 1.02. The summed E-state index contributed by atoms with van der Waals surface area (Å²) >= 11 is 12.3. The molecule has 1 unspecified atom stereocenters. The van der Waals surface area contributed by atoms with Gasteiger partial charge in [0.15, 0.2) is 11.5 Å². The molecule has 1 N–H and O–H groups in total. The largest absolute Gasteiger partial charge is 0.493 e. The van der Waals surface area contributed by atoms with Crippen LogP contribution in [-0.4, -0.2) is 19.3 Å². The second-order valence-electron chi connectivity index (χ2n) is 4.63. The Kier molecular flexibility index (Phi) is 4.99. The molecule has 0 fully saturated rings. The van der Waals surface area contributed by atoms with Gasteiger partial charge in [0.05, 0.1) is 19.2 Å². The van der Waals surface area contributed by atoms with Crippen LogP contribution in [-0.2, 0) is 0 Å². The summed E-state index contributed by atoms with van der Waals surface area (Å²) in [5, 5.41) is 11.6. The molecule has 5 heteroatoms. The quantitative estimate of drug-likeness (QED) is 0.904. The molecule has 0 radical (unpaired) electrons. The third-order valence-corrected chi connectivity index (χ3v) is 3.90. The normalized spacial score (nSPS) is 12.1. The van der Waals surface area contributed by atoms with E-state index in [-0.39, 0.29) is 0 Å². The fourth-order valence-electron chi connectivity index (χ4n) is 2.15. The van der Waals surface area contributed by atoms with E-state index in [1.165, 1.54) is 14.2 Å². The van der Waals surface area contributed by atoms with Crippen LogP contribution in [0.15, 0.2) is 30.3 Å². The number of aryl methyl sites for hydroxylation is 1. The molecule has 0 spiro atoms. The van der Waals surface area contributed by atoms with Crippen molar-refractivity contribution in [2.75, 3.05) is 14.2 Å². The minimum atomic E-state index is -0.893. The molecule has 2 aromatic rings. The molecule has 21 heavy (non-hydrogen) atoms. The molecule has 2 rings (SSSR count). The van der Waals surface area contributed by atoms with Crippen molar-refractivity contribution in [1.29, 1.82) is 0 Å². The first-order valence-corrected chi connectivity index (χ1v) is 7.09. The van der Waals surface area contributed by atoms with Gasteiger partial charge < -0.3 is 14.6 Å². The van der Waals surface area contributed by atoms with Crippen LogP contribution in [0.2, 0.25) is 10.0 Å². The number of halogens is 2. The Bertz CT molecular complexity index is 656. The summed E-state index contributed by atoms with van der Waals surface area (Å²) in [6.45, 7) is 1.91. The Labute approximate surface area is 134 Å². The fourth-order valence-corrected chi connectivity index (χ4v) is 2.59. The van der Waals surface area contributed by atoms with Gasteiger partial charge in [-0.3, -0.25) is 0 Å². The molecule has 0 aromatic heterocycles. The van der Waals surface area contributed by atoms with Crippen LogP contribution in [0.3, 0.4) is 0 Å². The maximum absolute atomic E-state index is 10.6. The number of hydrogen-bond donors (Lipinski definition) is 1. The standard InChI is InChI=1S/C16H16Cl2O3/c1-9-4-5-10(17)6-11(9)16(19)12-7-14(20-2)15(21-3)8-13(12)18/h4-8,16,19H,1-3H3. The summed E-state index contributed by atoms with van der Waals surface area (Å²) in [5.41, 5.74) is 2.18. The third kappa shape index (κ3) is 3.26. The predicted octanol–water partition coefficient (Wildman–Crippen LogP) is 4.40. The number of hydrogen-bond acceptors (Lipinski definition) is 3. The van der Waals surface area contributed by atoms with Crippen molar-refractivity contribution < 1.29 is 14.6 Å². The molecule has 0 aliphatic heterocycles. The Morgan fingerprint density at radius 3 is 2.19 bits per heavy atom. The molecule has 0 saturated carbocycles. The summed E-state index contributed by atoms with van der Waals surface area (Å²) in [6.07, 6.45) is -0.893. The van der Waals surface area contributed by atoms with Crippen LogP contribution in [0.25, 0.3) is 0 Å². The topological polar surface area (TPSA) is 38.7 Å². The highest BCUT2D eigenvalue weighted by molar-refractivity contribution is 6.31. The van der Waals surface area contributed by atoms with Crippen molar-refractivity contribution in [1.82, 2.24) is 0 Å². The number of aliphatic hydroxyl groups is 1. The first-order valence-electron chi connectivity index (χ1n) is 6.33. The molecular weight excluding hydrogens is 311 g/mol. The van der Waals surface area contributed by atoms with E-state index in [1.807, 2.05) is 13.0 Å². The molecular formula is C16H16Cl2O3. The van der Waals surface area contributed by atoms with E-state index in [0.717, 1.165) is 5.56 Å². The molecule has 112 valence electrons. The van der Waals surface area contributed by atoms with Gasteiger partial charge in [-0.2, -0.15) is 0 Å². The zero-order valence-electron chi connectivity index (χ0n) is 12.0. The number of benzene rings is 2. The summed E-state index contributed by atoms with van der Waals surface area (Å²) in [7, 11) is 3.07. The minimum absolute atomic E-state index is 0.402. The zero-order chi connectivity index (χ0) is 15.6. The Hall–Kier alpha value is -1.42. The lowest BCUT2D eigenvalue weighted by molar-refractivity contribution is 0.219. The van der Waals surface area contributed by atoms with E-state index >= 15 is 0 Å². The smallest absolute Gasteiger partial charge is 0.162 e. The van der Waals surface area contributed by atoms with Crippen molar-refractivity contribution >= 4 is 23.2 Å². The van der Waals surface area contributed by atoms with E-state index in [1.54, 1.807) is 24.3 Å². The third-order valence-electron chi connectivity index (χ3n) is 3.33. The first kappa shape index (κ1) is 16.0. The van der Waals surface area contributed by atoms with Crippen LogP contribution in [0.5, 0.6) is 11.5 Å². The van der Waals surface area contributed by atoms with Crippen molar-refractivity contribution in [3.8, 4) is 11.5 Å². The minimum Gasteiger partial charge on any atom is -0.493 e. The van der Waals surface area contributed by atoms with Crippen molar-refractivity contribution in [3.05, 3.63) is 57.1 Å². The van der Waals surface area contributed by atoms with Gasteiger partial charge in [-0.15, -0.1) is 0 Å². The van der Waals surface area contributed by atoms with E-state index in [4.69, 9.17) is 32.7 Å². The SMILES string of the molecule is COc1cc(Cl)c(C(O)c2cc(Cl)ccc2C)cc1OC. The van der Waals surface area contributed by atoms with E-state index in [0.29, 0.717) is 32.7 Å². The molecule has 1 atom stereocenters. The lowest BCUT2D eigenvalue weighted by Crippen LogP contribution is -2.04. The lowest BCUT2D eigenvalue weighted by Gasteiger charge is -2.18. The lowest BCUT2D eigenvalue weighted by atomic mass is 9.97. The first-order chi connectivity index (χ1) is 9.97. The highest BCUT2D eigenvalue weighted by atomic mass is 35.5. The van der Waals surface area contributed by atoms with Gasteiger partial charge in [-0.1, -0.05) is 29.3 Å². The second-order valence-corrected chi connectivity index (χ2v) is 5.48. The summed E-state index contributed by atoms with van der Waals surface area (Å²) in [6, 6.07) is 8.67. The molecule has 0 aliphatic rings. The number of aliphatic hydroxyl groups excluding tert-OH is 1. The predicted molar refractivity (Wildman–Crippen MR) is 84.8 cm³/mol. The van der Waals surface area contributed by atoms with Gasteiger partial charge in [0.1, 0.15) is 6.10 Å². The van der Waals surface area contributed by atoms with Gasteiger partial charge in [0.2, 0.25) is 0 Å². The van der Waals surface area contributed by atoms with Crippen LogP contribution in [0.4, 0.5) is 0 Å². The number of methoxy groups -OCH3 is 2. The summed E-state index contributed by atoms with van der Waals surface area (Å²) < 4.78 is 10.4. The molecule has 0 amide bonds. The highest BCUT2D eigenvalue weighted by Crippen LogP contribution is 2.38. The average Bonchev–Trinajstić information content (AvgIpc) is 2.48. The van der Waals surface area contributed by atoms with Gasteiger partial charge in [0.25, 0.3) is 0 Å². The van der Waals surface area contributed by atoms with Gasteiger partial charge in [-0.05, 0) is 36.2 Å². The average molecular weight is 327 g/mol. The maximum atomic E-state index is 10.6. The molecule has 3 nitrogen and oxygen atoms in total. The second kappa shape index (κ2) is 6.56. The zero-order valence-corrected chi connectivity index (χ0v) is 13.5. The van der Waals surface area contributed by atoms with Gasteiger partial charge in [-0.25, -0.2) is 0 Å². The maximum Gasteiger partial charge on any atom is 0.162 e. The molecule has 2 aromatic carbocycles. The Balaban J connectivity index is 2.52. The number of rotatable bonds is 4. The molecule has 0 bridgehead atoms. The van der Waals surface area contributed by atoms with Crippen LogP contribution < -0.4 is 9.47 Å². The van der Waals surface area contributed by atoms with E-state index < -0.39 is 6.10 Å². The highest BCUT2D eigenvalue weighted by Gasteiger charge is 2.19. The Morgan fingerprint density at radius 2 is 1.57 bits per heavy atom. The monoisotopic (exact) mass is 326 g/mol. The molecule has 0 heterocycles. The van der Waals surface area contributed by atoms with Crippen LogP contribution in [0, 0.1) is 6.92 Å².